The third-order valence-corrected chi connectivity index (χ3v) is 3.71. The van der Waals surface area contributed by atoms with Crippen molar-refractivity contribution in [3.05, 3.63) is 59.7 Å². The number of hydroxylamine groups is 2. The highest BCUT2D eigenvalue weighted by molar-refractivity contribution is 5.77. The molecule has 0 aliphatic carbocycles. The van der Waals surface area contributed by atoms with E-state index < -0.39 is 0 Å². The molecule has 2 aromatic carbocycles. The molecule has 0 saturated heterocycles. The molecule has 0 bridgehead atoms. The molecule has 1 amide bonds. The van der Waals surface area contributed by atoms with Crippen LogP contribution in [0.1, 0.15) is 24.0 Å². The van der Waals surface area contributed by atoms with Gasteiger partial charge in [-0.2, -0.15) is 0 Å². The fourth-order valence-corrected chi connectivity index (χ4v) is 2.28. The Morgan fingerprint density at radius 3 is 2.30 bits per heavy atom. The molecule has 5 nitrogen and oxygen atoms in total. The highest BCUT2D eigenvalue weighted by Crippen LogP contribution is 2.20. The van der Waals surface area contributed by atoms with Crippen LogP contribution in [0.5, 0.6) is 11.5 Å². The Morgan fingerprint density at radius 1 is 1.13 bits per heavy atom. The Balaban J connectivity index is 1.92. The van der Waals surface area contributed by atoms with Gasteiger partial charge >= 0.3 is 0 Å². The van der Waals surface area contributed by atoms with Crippen LogP contribution in [0.2, 0.25) is 0 Å². The third-order valence-electron chi connectivity index (χ3n) is 3.71. The summed E-state index contributed by atoms with van der Waals surface area (Å²) in [4.78, 5) is 12.1. The molecule has 122 valence electrons. The molecule has 0 fully saturated rings. The monoisotopic (exact) mass is 315 g/mol. The molecule has 0 aliphatic rings. The summed E-state index contributed by atoms with van der Waals surface area (Å²) >= 11 is 0. The van der Waals surface area contributed by atoms with Crippen LogP contribution in [0.15, 0.2) is 48.5 Å². The van der Waals surface area contributed by atoms with Gasteiger partial charge in [0.25, 0.3) is 0 Å². The van der Waals surface area contributed by atoms with Crippen molar-refractivity contribution in [3.63, 3.8) is 0 Å². The minimum Gasteiger partial charge on any atom is -0.508 e. The predicted molar refractivity (Wildman–Crippen MR) is 86.7 cm³/mol. The van der Waals surface area contributed by atoms with Crippen LogP contribution in [-0.2, 0) is 11.2 Å². The second-order valence-corrected chi connectivity index (χ2v) is 5.49. The first-order chi connectivity index (χ1) is 11.0. The average molecular weight is 315 g/mol. The van der Waals surface area contributed by atoms with E-state index in [0.29, 0.717) is 0 Å². The van der Waals surface area contributed by atoms with Gasteiger partial charge in [0.1, 0.15) is 11.5 Å². The number of methoxy groups -OCH3 is 1. The number of nitrogens with zero attached hydrogens (tertiary/aromatic N) is 1. The molecule has 0 radical (unpaired) electrons. The standard InChI is InChI=1S/C18H21NO4/c1-13(15-5-9-17(23-2)10-6-15)12-19(22)18(21)11-14-3-7-16(20)8-4-14/h3-10,13,20,22H,11-12H2,1-2H3. The number of carbonyl (C=O) groups is 1. The summed E-state index contributed by atoms with van der Waals surface area (Å²) in [7, 11) is 1.61. The molecule has 2 N–H and O–H groups in total. The quantitative estimate of drug-likeness (QED) is 0.635. The maximum Gasteiger partial charge on any atom is 0.250 e. The van der Waals surface area contributed by atoms with Gasteiger partial charge in [0.05, 0.1) is 20.1 Å². The number of ether oxygens (including phenoxy) is 1. The Bertz CT molecular complexity index is 637. The highest BCUT2D eigenvalue weighted by Gasteiger charge is 2.16. The van der Waals surface area contributed by atoms with Gasteiger partial charge in [-0.25, -0.2) is 5.06 Å². The first-order valence-electron chi connectivity index (χ1n) is 7.40. The van der Waals surface area contributed by atoms with Crippen molar-refractivity contribution in [2.75, 3.05) is 13.7 Å². The molecule has 0 heterocycles. The predicted octanol–water partition coefficient (Wildman–Crippen LogP) is 2.96. The lowest BCUT2D eigenvalue weighted by atomic mass is 10.0. The van der Waals surface area contributed by atoms with Crippen LogP contribution in [0.25, 0.3) is 0 Å². The van der Waals surface area contributed by atoms with Crippen molar-refractivity contribution < 1.29 is 19.8 Å². The van der Waals surface area contributed by atoms with Crippen molar-refractivity contribution in [2.24, 2.45) is 0 Å². The van der Waals surface area contributed by atoms with Gasteiger partial charge in [0, 0.05) is 5.92 Å². The first kappa shape index (κ1) is 16.8. The van der Waals surface area contributed by atoms with E-state index in [2.05, 4.69) is 0 Å². The number of aromatic hydroxyl groups is 1. The number of phenolic OH excluding ortho intramolecular Hbond substituents is 1. The van der Waals surface area contributed by atoms with E-state index in [1.807, 2.05) is 31.2 Å². The molecule has 2 rings (SSSR count). The molecule has 0 aromatic heterocycles. The van der Waals surface area contributed by atoms with Crippen LogP contribution < -0.4 is 4.74 Å². The molecular weight excluding hydrogens is 294 g/mol. The van der Waals surface area contributed by atoms with E-state index in [4.69, 9.17) is 4.74 Å². The number of phenols is 1. The summed E-state index contributed by atoms with van der Waals surface area (Å²) in [5.74, 6) is 0.533. The smallest absolute Gasteiger partial charge is 0.250 e. The Morgan fingerprint density at radius 2 is 1.74 bits per heavy atom. The largest absolute Gasteiger partial charge is 0.508 e. The highest BCUT2D eigenvalue weighted by atomic mass is 16.5. The zero-order valence-electron chi connectivity index (χ0n) is 13.3. The minimum atomic E-state index is -0.379. The van der Waals surface area contributed by atoms with E-state index >= 15 is 0 Å². The van der Waals surface area contributed by atoms with Gasteiger partial charge in [-0.3, -0.25) is 10.0 Å². The lowest BCUT2D eigenvalue weighted by molar-refractivity contribution is -0.165. The average Bonchev–Trinajstić information content (AvgIpc) is 2.56. The molecule has 1 atom stereocenters. The fourth-order valence-electron chi connectivity index (χ4n) is 2.28. The van der Waals surface area contributed by atoms with E-state index in [0.717, 1.165) is 21.9 Å². The van der Waals surface area contributed by atoms with Crippen LogP contribution in [0.4, 0.5) is 0 Å². The van der Waals surface area contributed by atoms with Crippen LogP contribution in [0, 0.1) is 0 Å². The normalized spacial score (nSPS) is 11.8. The summed E-state index contributed by atoms with van der Waals surface area (Å²) in [6, 6.07) is 13.9. The number of benzene rings is 2. The summed E-state index contributed by atoms with van der Waals surface area (Å²) < 4.78 is 5.11. The number of amides is 1. The molecule has 0 aliphatic heterocycles. The topological polar surface area (TPSA) is 70.0 Å². The van der Waals surface area contributed by atoms with Gasteiger partial charge < -0.3 is 9.84 Å². The molecule has 1 unspecified atom stereocenters. The number of carbonyl (C=O) groups excluding carboxylic acids is 1. The molecule has 2 aromatic rings. The number of hydrogen-bond donors (Lipinski definition) is 2. The SMILES string of the molecule is COc1ccc(C(C)CN(O)C(=O)Cc2ccc(O)cc2)cc1. The summed E-state index contributed by atoms with van der Waals surface area (Å²) in [6.07, 6.45) is 0.0894. The Labute approximate surface area is 135 Å². The Hall–Kier alpha value is -2.53. The maximum atomic E-state index is 12.1. The van der Waals surface area contributed by atoms with Crippen LogP contribution in [0.3, 0.4) is 0 Å². The van der Waals surface area contributed by atoms with Gasteiger partial charge in [-0.1, -0.05) is 31.2 Å². The van der Waals surface area contributed by atoms with Gasteiger partial charge in [0.2, 0.25) is 5.91 Å². The lowest BCUT2D eigenvalue weighted by Gasteiger charge is -2.20. The second kappa shape index (κ2) is 7.65. The van der Waals surface area contributed by atoms with Crippen molar-refractivity contribution in [3.8, 4) is 11.5 Å². The third kappa shape index (κ3) is 4.72. The zero-order valence-corrected chi connectivity index (χ0v) is 13.3. The van der Waals surface area contributed by atoms with Crippen LogP contribution >= 0.6 is 0 Å². The van der Waals surface area contributed by atoms with Crippen molar-refractivity contribution in [1.29, 1.82) is 0 Å². The van der Waals surface area contributed by atoms with E-state index in [9.17, 15) is 15.1 Å². The maximum absolute atomic E-state index is 12.1. The van der Waals surface area contributed by atoms with Crippen molar-refractivity contribution in [2.45, 2.75) is 19.3 Å². The molecule has 0 saturated carbocycles. The molecule has 0 spiro atoms. The Kier molecular flexibility index (Phi) is 5.60. The number of hydrogen-bond acceptors (Lipinski definition) is 4. The van der Waals surface area contributed by atoms with Crippen LogP contribution in [-0.4, -0.2) is 34.9 Å². The van der Waals surface area contributed by atoms with E-state index in [-0.39, 0.29) is 30.5 Å². The van der Waals surface area contributed by atoms with Gasteiger partial charge in [-0.05, 0) is 35.4 Å². The molecule has 5 heteroatoms. The molecule has 23 heavy (non-hydrogen) atoms. The summed E-state index contributed by atoms with van der Waals surface area (Å²) in [5.41, 5.74) is 1.76. The molecular formula is C18H21NO4. The first-order valence-corrected chi connectivity index (χ1v) is 7.40. The van der Waals surface area contributed by atoms with Gasteiger partial charge in [-0.15, -0.1) is 0 Å². The van der Waals surface area contributed by atoms with E-state index in [1.165, 1.54) is 12.1 Å². The van der Waals surface area contributed by atoms with Crippen molar-refractivity contribution >= 4 is 5.91 Å². The zero-order chi connectivity index (χ0) is 16.8. The van der Waals surface area contributed by atoms with Gasteiger partial charge in [0.15, 0.2) is 0 Å². The fraction of sp³-hybridized carbons (Fsp3) is 0.278. The van der Waals surface area contributed by atoms with E-state index in [1.54, 1.807) is 19.2 Å². The van der Waals surface area contributed by atoms with Crippen molar-refractivity contribution in [1.82, 2.24) is 5.06 Å². The summed E-state index contributed by atoms with van der Waals surface area (Å²) in [5, 5.41) is 20.0. The summed E-state index contributed by atoms with van der Waals surface area (Å²) in [6.45, 7) is 2.15. The minimum absolute atomic E-state index is 0.00493. The second-order valence-electron chi connectivity index (χ2n) is 5.49. The lowest BCUT2D eigenvalue weighted by Crippen LogP contribution is -2.32. The number of rotatable bonds is 6.